The van der Waals surface area contributed by atoms with Crippen LogP contribution in [0, 0.1) is 5.82 Å². The number of aryl methyl sites for hydroxylation is 2. The predicted molar refractivity (Wildman–Crippen MR) is 117 cm³/mol. The number of hydrogen-bond donors (Lipinski definition) is 1. The smallest absolute Gasteiger partial charge is 0.243 e. The highest BCUT2D eigenvalue weighted by atomic mass is 32.2. The van der Waals surface area contributed by atoms with E-state index in [0.29, 0.717) is 36.4 Å². The van der Waals surface area contributed by atoms with E-state index in [1.807, 2.05) is 11.6 Å². The molecule has 1 N–H and O–H groups in total. The van der Waals surface area contributed by atoms with E-state index in [-0.39, 0.29) is 29.6 Å². The van der Waals surface area contributed by atoms with Crippen molar-refractivity contribution < 1.29 is 17.6 Å². The Bertz CT molecular complexity index is 1190. The van der Waals surface area contributed by atoms with Crippen LogP contribution in [0.15, 0.2) is 47.4 Å². The van der Waals surface area contributed by atoms with Crippen LogP contribution in [0.3, 0.4) is 0 Å². The summed E-state index contributed by atoms with van der Waals surface area (Å²) >= 11 is 0. The van der Waals surface area contributed by atoms with Gasteiger partial charge in [0.05, 0.1) is 15.9 Å². The van der Waals surface area contributed by atoms with Crippen LogP contribution in [0.25, 0.3) is 11.0 Å². The first-order valence-corrected chi connectivity index (χ1v) is 11.7. The highest BCUT2D eigenvalue weighted by Crippen LogP contribution is 2.22. The SMILES string of the molecule is CCN(CC)S(=O)(=O)c1ccc2c(c1)nc(CCC(=O)NCc1ccccc1F)n2C. The molecule has 0 saturated carbocycles. The molecule has 7 nitrogen and oxygen atoms in total. The highest BCUT2D eigenvalue weighted by molar-refractivity contribution is 7.89. The third-order valence-electron chi connectivity index (χ3n) is 5.30. The molecule has 0 fully saturated rings. The van der Waals surface area contributed by atoms with Crippen molar-refractivity contribution in [3.8, 4) is 0 Å². The van der Waals surface area contributed by atoms with E-state index in [0.717, 1.165) is 5.52 Å². The van der Waals surface area contributed by atoms with Gasteiger partial charge in [-0.1, -0.05) is 32.0 Å². The van der Waals surface area contributed by atoms with Gasteiger partial charge in [-0.05, 0) is 24.3 Å². The van der Waals surface area contributed by atoms with E-state index in [2.05, 4.69) is 10.3 Å². The lowest BCUT2D eigenvalue weighted by molar-refractivity contribution is -0.121. The molecule has 0 bridgehead atoms. The van der Waals surface area contributed by atoms with E-state index in [4.69, 9.17) is 0 Å². The van der Waals surface area contributed by atoms with Crippen LogP contribution in [0.4, 0.5) is 4.39 Å². The Morgan fingerprint density at radius 1 is 1.16 bits per heavy atom. The van der Waals surface area contributed by atoms with E-state index in [1.165, 1.54) is 10.4 Å². The van der Waals surface area contributed by atoms with Crippen molar-refractivity contribution >= 4 is 27.0 Å². The molecule has 0 atom stereocenters. The molecular weight excluding hydrogens is 419 g/mol. The van der Waals surface area contributed by atoms with Crippen molar-refractivity contribution in [2.45, 2.75) is 38.1 Å². The zero-order valence-corrected chi connectivity index (χ0v) is 18.7. The number of rotatable bonds is 9. The number of aromatic nitrogens is 2. The zero-order valence-electron chi connectivity index (χ0n) is 17.9. The second-order valence-electron chi connectivity index (χ2n) is 7.20. The summed E-state index contributed by atoms with van der Waals surface area (Å²) in [7, 11) is -1.74. The number of halogens is 1. The number of nitrogens with one attached hydrogen (secondary N) is 1. The number of benzene rings is 2. The van der Waals surface area contributed by atoms with Gasteiger partial charge < -0.3 is 9.88 Å². The van der Waals surface area contributed by atoms with Gasteiger partial charge >= 0.3 is 0 Å². The van der Waals surface area contributed by atoms with Gasteiger partial charge in [-0.3, -0.25) is 4.79 Å². The maximum absolute atomic E-state index is 13.7. The predicted octanol–water partition coefficient (Wildman–Crippen LogP) is 2.99. The van der Waals surface area contributed by atoms with Gasteiger partial charge in [0.25, 0.3) is 0 Å². The van der Waals surface area contributed by atoms with Crippen LogP contribution < -0.4 is 5.32 Å². The van der Waals surface area contributed by atoms with Gasteiger partial charge in [0, 0.05) is 45.1 Å². The number of carbonyl (C=O) groups excluding carboxylic acids is 1. The maximum atomic E-state index is 13.7. The molecule has 0 spiro atoms. The van der Waals surface area contributed by atoms with Crippen molar-refractivity contribution in [1.29, 1.82) is 0 Å². The minimum atomic E-state index is -3.57. The molecule has 31 heavy (non-hydrogen) atoms. The number of fused-ring (bicyclic) bond motifs is 1. The third kappa shape index (κ3) is 4.94. The maximum Gasteiger partial charge on any atom is 0.243 e. The van der Waals surface area contributed by atoms with Gasteiger partial charge in [0.15, 0.2) is 0 Å². The van der Waals surface area contributed by atoms with Gasteiger partial charge in [-0.15, -0.1) is 0 Å². The van der Waals surface area contributed by atoms with Crippen LogP contribution in [0.2, 0.25) is 0 Å². The molecule has 1 amide bonds. The first-order valence-electron chi connectivity index (χ1n) is 10.2. The summed E-state index contributed by atoms with van der Waals surface area (Å²) in [6.07, 6.45) is 0.572. The quantitative estimate of drug-likeness (QED) is 0.548. The lowest BCUT2D eigenvalue weighted by Crippen LogP contribution is -2.30. The first kappa shape index (κ1) is 22.9. The Morgan fingerprint density at radius 2 is 1.87 bits per heavy atom. The molecule has 2 aromatic carbocycles. The fraction of sp³-hybridized carbons (Fsp3) is 0.364. The Kier molecular flexibility index (Phi) is 7.07. The molecule has 1 heterocycles. The number of amides is 1. The number of carbonyl (C=O) groups is 1. The topological polar surface area (TPSA) is 84.3 Å². The van der Waals surface area contributed by atoms with Gasteiger partial charge in [0.2, 0.25) is 15.9 Å². The van der Waals surface area contributed by atoms with Crippen molar-refractivity contribution in [1.82, 2.24) is 19.2 Å². The molecule has 0 saturated heterocycles. The fourth-order valence-electron chi connectivity index (χ4n) is 3.48. The monoisotopic (exact) mass is 446 g/mol. The highest BCUT2D eigenvalue weighted by Gasteiger charge is 2.22. The van der Waals surface area contributed by atoms with Crippen molar-refractivity contribution in [3.05, 3.63) is 59.7 Å². The van der Waals surface area contributed by atoms with Crippen LogP contribution in [0.1, 0.15) is 31.7 Å². The van der Waals surface area contributed by atoms with Crippen molar-refractivity contribution in [3.63, 3.8) is 0 Å². The standard InChI is InChI=1S/C22H27FN4O3S/c1-4-27(5-2)31(29,30)17-10-11-20-19(14-17)25-21(26(20)3)12-13-22(28)24-15-16-8-6-7-9-18(16)23/h6-11,14H,4-5,12-13,15H2,1-3H3,(H,24,28). The summed E-state index contributed by atoms with van der Waals surface area (Å²) in [5.74, 6) is 0.113. The molecule has 0 unspecified atom stereocenters. The Hall–Kier alpha value is -2.78. The second-order valence-corrected chi connectivity index (χ2v) is 9.13. The molecule has 0 aliphatic carbocycles. The molecule has 9 heteroatoms. The number of imidazole rings is 1. The van der Waals surface area contributed by atoms with Crippen molar-refractivity contribution in [2.75, 3.05) is 13.1 Å². The second kappa shape index (κ2) is 9.57. The molecule has 1 aromatic heterocycles. The Labute approximate surface area is 181 Å². The van der Waals surface area contributed by atoms with Crippen LogP contribution in [-0.4, -0.2) is 41.3 Å². The molecule has 3 aromatic rings. The molecule has 3 rings (SSSR count). The lowest BCUT2D eigenvalue weighted by Gasteiger charge is -2.18. The average Bonchev–Trinajstić information content (AvgIpc) is 3.07. The zero-order chi connectivity index (χ0) is 22.6. The van der Waals surface area contributed by atoms with Gasteiger partial charge in [0.1, 0.15) is 11.6 Å². The van der Waals surface area contributed by atoms with E-state index >= 15 is 0 Å². The summed E-state index contributed by atoms with van der Waals surface area (Å²) in [4.78, 5) is 16.9. The van der Waals surface area contributed by atoms with Gasteiger partial charge in [-0.2, -0.15) is 4.31 Å². The largest absolute Gasteiger partial charge is 0.352 e. The number of hydrogen-bond acceptors (Lipinski definition) is 4. The molecule has 166 valence electrons. The minimum absolute atomic E-state index is 0.126. The summed E-state index contributed by atoms with van der Waals surface area (Å²) in [6, 6.07) is 11.2. The normalized spacial score (nSPS) is 11.9. The number of sulfonamides is 1. The first-order chi connectivity index (χ1) is 14.8. The molecule has 0 radical (unpaired) electrons. The van der Waals surface area contributed by atoms with Crippen LogP contribution >= 0.6 is 0 Å². The van der Waals surface area contributed by atoms with Crippen molar-refractivity contribution in [2.24, 2.45) is 7.05 Å². The molecule has 0 aliphatic rings. The van der Waals surface area contributed by atoms with E-state index in [9.17, 15) is 17.6 Å². The van der Waals surface area contributed by atoms with E-state index in [1.54, 1.807) is 50.2 Å². The molecular formula is C22H27FN4O3S. The summed E-state index contributed by atoms with van der Waals surface area (Å²) in [5, 5.41) is 2.72. The minimum Gasteiger partial charge on any atom is -0.352 e. The lowest BCUT2D eigenvalue weighted by atomic mass is 10.2. The van der Waals surface area contributed by atoms with Crippen LogP contribution in [0.5, 0.6) is 0 Å². The van der Waals surface area contributed by atoms with E-state index < -0.39 is 10.0 Å². The summed E-state index contributed by atoms with van der Waals surface area (Å²) in [5.41, 5.74) is 1.79. The summed E-state index contributed by atoms with van der Waals surface area (Å²) < 4.78 is 42.5. The molecule has 0 aliphatic heterocycles. The van der Waals surface area contributed by atoms with Gasteiger partial charge in [-0.25, -0.2) is 17.8 Å². The van der Waals surface area contributed by atoms with Crippen LogP contribution in [-0.2, 0) is 34.8 Å². The summed E-state index contributed by atoms with van der Waals surface area (Å²) in [6.45, 7) is 4.52. The average molecular weight is 447 g/mol. The Morgan fingerprint density at radius 3 is 2.55 bits per heavy atom. The fourth-order valence-corrected chi connectivity index (χ4v) is 4.95. The number of nitrogens with zero attached hydrogens (tertiary/aromatic N) is 3. The Balaban J connectivity index is 1.71. The third-order valence-corrected chi connectivity index (χ3v) is 7.34.